The fourth-order valence-corrected chi connectivity index (χ4v) is 3.05. The van der Waals surface area contributed by atoms with Gasteiger partial charge >= 0.3 is 0 Å². The lowest BCUT2D eigenvalue weighted by atomic mass is 9.99. The molecule has 0 saturated carbocycles. The Morgan fingerprint density at radius 1 is 1.28 bits per heavy atom. The van der Waals surface area contributed by atoms with Gasteiger partial charge in [-0.15, -0.1) is 0 Å². The number of likely N-dealkylation sites (tertiary alicyclic amines) is 1. The van der Waals surface area contributed by atoms with Crippen LogP contribution >= 0.6 is 0 Å². The van der Waals surface area contributed by atoms with E-state index in [2.05, 4.69) is 24.0 Å². The highest BCUT2D eigenvalue weighted by molar-refractivity contribution is 5.46. The second-order valence-electron chi connectivity index (χ2n) is 5.40. The molecule has 2 rings (SSSR count). The van der Waals surface area contributed by atoms with Crippen molar-refractivity contribution in [1.29, 1.82) is 0 Å². The highest BCUT2D eigenvalue weighted by Crippen LogP contribution is 2.20. The lowest BCUT2D eigenvalue weighted by Crippen LogP contribution is -2.39. The third-order valence-corrected chi connectivity index (χ3v) is 4.17. The average molecular weight is 246 g/mol. The van der Waals surface area contributed by atoms with Crippen LogP contribution < -0.4 is 5.73 Å². The predicted octanol–water partition coefficient (Wildman–Crippen LogP) is 3.47. The standard InChI is InChI=1S/C16H26N2/c1-2-15-10-5-6-12-18(15)13-7-9-14-8-3-4-11-16(14)17/h3-4,8,11,15H,2,5-7,9-10,12-13,17H2,1H3. The Morgan fingerprint density at radius 3 is 2.89 bits per heavy atom. The van der Waals surface area contributed by atoms with Crippen LogP contribution in [0.4, 0.5) is 5.69 Å². The van der Waals surface area contributed by atoms with Crippen molar-refractivity contribution < 1.29 is 0 Å². The molecule has 1 saturated heterocycles. The number of aryl methyl sites for hydroxylation is 1. The van der Waals surface area contributed by atoms with Gasteiger partial charge in [-0.3, -0.25) is 0 Å². The Bertz CT molecular complexity index is 362. The van der Waals surface area contributed by atoms with Gasteiger partial charge in [0.2, 0.25) is 0 Å². The van der Waals surface area contributed by atoms with E-state index < -0.39 is 0 Å². The van der Waals surface area contributed by atoms with Crippen LogP contribution in [0.1, 0.15) is 44.6 Å². The second-order valence-corrected chi connectivity index (χ2v) is 5.40. The molecule has 1 heterocycles. The Balaban J connectivity index is 1.79. The first-order chi connectivity index (χ1) is 8.81. The molecule has 1 fully saturated rings. The zero-order valence-electron chi connectivity index (χ0n) is 11.6. The van der Waals surface area contributed by atoms with Gasteiger partial charge in [-0.2, -0.15) is 0 Å². The minimum atomic E-state index is 0.826. The van der Waals surface area contributed by atoms with Crippen LogP contribution in [0.3, 0.4) is 0 Å². The monoisotopic (exact) mass is 246 g/mol. The van der Waals surface area contributed by atoms with Crippen LogP contribution in [0.5, 0.6) is 0 Å². The third-order valence-electron chi connectivity index (χ3n) is 4.17. The van der Waals surface area contributed by atoms with Crippen molar-refractivity contribution in [2.45, 2.75) is 51.5 Å². The summed E-state index contributed by atoms with van der Waals surface area (Å²) in [6.45, 7) is 4.84. The van der Waals surface area contributed by atoms with Gasteiger partial charge in [-0.05, 0) is 56.8 Å². The summed E-state index contributed by atoms with van der Waals surface area (Å²) in [5.41, 5.74) is 8.23. The molecule has 1 unspecified atom stereocenters. The lowest BCUT2D eigenvalue weighted by Gasteiger charge is -2.35. The van der Waals surface area contributed by atoms with Crippen molar-refractivity contribution in [1.82, 2.24) is 4.90 Å². The first kappa shape index (κ1) is 13.4. The van der Waals surface area contributed by atoms with Gasteiger partial charge in [0.25, 0.3) is 0 Å². The van der Waals surface area contributed by atoms with Crippen molar-refractivity contribution in [2.75, 3.05) is 18.8 Å². The summed E-state index contributed by atoms with van der Waals surface area (Å²) in [5.74, 6) is 0. The molecule has 0 bridgehead atoms. The first-order valence-corrected chi connectivity index (χ1v) is 7.38. The summed E-state index contributed by atoms with van der Waals surface area (Å²) in [7, 11) is 0. The van der Waals surface area contributed by atoms with Crippen molar-refractivity contribution in [3.05, 3.63) is 29.8 Å². The fraction of sp³-hybridized carbons (Fsp3) is 0.625. The molecule has 1 aromatic rings. The molecule has 1 aliphatic rings. The molecular weight excluding hydrogens is 220 g/mol. The van der Waals surface area contributed by atoms with Crippen LogP contribution in [0.15, 0.2) is 24.3 Å². The molecule has 0 radical (unpaired) electrons. The number of anilines is 1. The zero-order valence-corrected chi connectivity index (χ0v) is 11.6. The van der Waals surface area contributed by atoms with Crippen LogP contribution in [-0.4, -0.2) is 24.0 Å². The highest BCUT2D eigenvalue weighted by atomic mass is 15.2. The molecule has 0 aromatic heterocycles. The van der Waals surface area contributed by atoms with Crippen molar-refractivity contribution >= 4 is 5.69 Å². The molecule has 2 heteroatoms. The molecule has 1 atom stereocenters. The van der Waals surface area contributed by atoms with Crippen LogP contribution in [0.2, 0.25) is 0 Å². The minimum absolute atomic E-state index is 0.826. The lowest BCUT2D eigenvalue weighted by molar-refractivity contribution is 0.142. The van der Waals surface area contributed by atoms with Crippen molar-refractivity contribution in [2.24, 2.45) is 0 Å². The number of para-hydroxylation sites is 1. The van der Waals surface area contributed by atoms with Gasteiger partial charge in [0.05, 0.1) is 0 Å². The van der Waals surface area contributed by atoms with E-state index in [1.54, 1.807) is 0 Å². The summed E-state index contributed by atoms with van der Waals surface area (Å²) in [6.07, 6.45) is 7.83. The summed E-state index contributed by atoms with van der Waals surface area (Å²) in [4.78, 5) is 2.68. The predicted molar refractivity (Wildman–Crippen MR) is 78.7 cm³/mol. The molecule has 0 spiro atoms. The molecule has 18 heavy (non-hydrogen) atoms. The van der Waals surface area contributed by atoms with E-state index in [1.807, 2.05) is 12.1 Å². The number of hydrogen-bond acceptors (Lipinski definition) is 2. The molecule has 2 nitrogen and oxygen atoms in total. The maximum absolute atomic E-state index is 5.98. The van der Waals surface area contributed by atoms with Crippen LogP contribution in [0.25, 0.3) is 0 Å². The van der Waals surface area contributed by atoms with E-state index in [0.29, 0.717) is 0 Å². The van der Waals surface area contributed by atoms with Crippen LogP contribution in [0, 0.1) is 0 Å². The molecule has 1 aliphatic heterocycles. The molecular formula is C16H26N2. The van der Waals surface area contributed by atoms with E-state index >= 15 is 0 Å². The fourth-order valence-electron chi connectivity index (χ4n) is 3.05. The molecule has 0 amide bonds. The van der Waals surface area contributed by atoms with Gasteiger partial charge in [0.1, 0.15) is 0 Å². The summed E-state index contributed by atoms with van der Waals surface area (Å²) < 4.78 is 0. The van der Waals surface area contributed by atoms with E-state index in [4.69, 9.17) is 5.73 Å². The largest absolute Gasteiger partial charge is 0.399 e. The zero-order chi connectivity index (χ0) is 12.8. The maximum atomic E-state index is 5.98. The second kappa shape index (κ2) is 6.79. The minimum Gasteiger partial charge on any atom is -0.399 e. The third kappa shape index (κ3) is 3.49. The van der Waals surface area contributed by atoms with E-state index in [1.165, 1.54) is 50.8 Å². The molecule has 2 N–H and O–H groups in total. The van der Waals surface area contributed by atoms with Gasteiger partial charge in [-0.25, -0.2) is 0 Å². The highest BCUT2D eigenvalue weighted by Gasteiger charge is 2.19. The number of benzene rings is 1. The Kier molecular flexibility index (Phi) is 5.06. The molecule has 100 valence electrons. The maximum Gasteiger partial charge on any atom is 0.0346 e. The van der Waals surface area contributed by atoms with Crippen molar-refractivity contribution in [3.63, 3.8) is 0 Å². The molecule has 1 aromatic carbocycles. The normalized spacial score (nSPS) is 21.1. The smallest absolute Gasteiger partial charge is 0.0346 e. The van der Waals surface area contributed by atoms with Gasteiger partial charge < -0.3 is 10.6 Å². The first-order valence-electron chi connectivity index (χ1n) is 7.38. The number of nitrogens with two attached hydrogens (primary N) is 1. The summed E-state index contributed by atoms with van der Waals surface area (Å²) >= 11 is 0. The Labute approximate surface area is 111 Å². The number of hydrogen-bond donors (Lipinski definition) is 1. The van der Waals surface area contributed by atoms with E-state index in [9.17, 15) is 0 Å². The SMILES string of the molecule is CCC1CCCCN1CCCc1ccccc1N. The quantitative estimate of drug-likeness (QED) is 0.806. The summed E-state index contributed by atoms with van der Waals surface area (Å²) in [6, 6.07) is 9.08. The van der Waals surface area contributed by atoms with E-state index in [-0.39, 0.29) is 0 Å². The Hall–Kier alpha value is -1.02. The van der Waals surface area contributed by atoms with Crippen LogP contribution in [-0.2, 0) is 6.42 Å². The number of nitrogens with zero attached hydrogens (tertiary/aromatic N) is 1. The molecule has 0 aliphatic carbocycles. The van der Waals surface area contributed by atoms with Gasteiger partial charge in [-0.1, -0.05) is 31.5 Å². The van der Waals surface area contributed by atoms with Crippen molar-refractivity contribution in [3.8, 4) is 0 Å². The van der Waals surface area contributed by atoms with Gasteiger partial charge in [0, 0.05) is 11.7 Å². The average Bonchev–Trinajstić information content (AvgIpc) is 2.41. The summed E-state index contributed by atoms with van der Waals surface area (Å²) in [5, 5.41) is 0. The van der Waals surface area contributed by atoms with Gasteiger partial charge in [0.15, 0.2) is 0 Å². The number of rotatable bonds is 5. The number of nitrogen functional groups attached to an aromatic ring is 1. The van der Waals surface area contributed by atoms with E-state index in [0.717, 1.165) is 18.2 Å². The Morgan fingerprint density at radius 2 is 2.11 bits per heavy atom. The topological polar surface area (TPSA) is 29.3 Å². The number of piperidine rings is 1.